The number of rotatable bonds is 5. The number of aromatic hydroxyl groups is 1. The molecule has 2 heterocycles. The summed E-state index contributed by atoms with van der Waals surface area (Å²) >= 11 is 0. The van der Waals surface area contributed by atoms with Crippen LogP contribution in [0.25, 0.3) is 11.0 Å². The number of hydrogen-bond donors (Lipinski definition) is 1. The van der Waals surface area contributed by atoms with E-state index in [1.807, 2.05) is 6.92 Å². The molecular formula is C18H21NO5. The fraction of sp³-hybridized carbons (Fsp3) is 0.389. The van der Waals surface area contributed by atoms with Crippen LogP contribution in [0.3, 0.4) is 0 Å². The largest absolute Gasteiger partial charge is 0.504 e. The van der Waals surface area contributed by atoms with Gasteiger partial charge in [0.05, 0.1) is 19.6 Å². The lowest BCUT2D eigenvalue weighted by Crippen LogP contribution is -2.17. The molecule has 1 aromatic carbocycles. The number of carbonyl (C=O) groups excluding carboxylic acids is 1. The lowest BCUT2D eigenvalue weighted by Gasteiger charge is -2.17. The Balaban J connectivity index is 2.01. The molecule has 2 aromatic rings. The smallest absolute Gasteiger partial charge is 0.222 e. The first-order valence-corrected chi connectivity index (χ1v) is 7.90. The number of hydrogen-bond acceptors (Lipinski definition) is 6. The second kappa shape index (κ2) is 6.47. The van der Waals surface area contributed by atoms with Gasteiger partial charge >= 0.3 is 0 Å². The monoisotopic (exact) mass is 331 g/mol. The molecule has 3 rings (SSSR count). The topological polar surface area (TPSA) is 72.1 Å². The van der Waals surface area contributed by atoms with Crippen molar-refractivity contribution in [2.45, 2.75) is 19.8 Å². The molecular weight excluding hydrogens is 310 g/mol. The molecule has 1 N–H and O–H groups in total. The van der Waals surface area contributed by atoms with Gasteiger partial charge in [0.25, 0.3) is 0 Å². The predicted octanol–water partition coefficient (Wildman–Crippen LogP) is 3.34. The van der Waals surface area contributed by atoms with Gasteiger partial charge in [0.1, 0.15) is 5.75 Å². The van der Waals surface area contributed by atoms with E-state index in [4.69, 9.17) is 13.9 Å². The summed E-state index contributed by atoms with van der Waals surface area (Å²) in [5, 5.41) is 10.6. The minimum absolute atomic E-state index is 0.0982. The molecule has 0 spiro atoms. The van der Waals surface area contributed by atoms with Crippen molar-refractivity contribution in [3.63, 3.8) is 0 Å². The highest BCUT2D eigenvalue weighted by Crippen LogP contribution is 2.42. The van der Waals surface area contributed by atoms with Crippen LogP contribution in [-0.2, 0) is 0 Å². The molecule has 1 fully saturated rings. The van der Waals surface area contributed by atoms with Crippen molar-refractivity contribution in [1.82, 2.24) is 4.90 Å². The van der Waals surface area contributed by atoms with Crippen LogP contribution in [0, 0.1) is 0 Å². The minimum Gasteiger partial charge on any atom is -0.504 e. The second-order valence-electron chi connectivity index (χ2n) is 5.83. The van der Waals surface area contributed by atoms with Crippen LogP contribution in [0.2, 0.25) is 0 Å². The molecule has 0 saturated carbocycles. The Hall–Kier alpha value is -2.63. The van der Waals surface area contributed by atoms with Crippen LogP contribution < -0.4 is 9.47 Å². The molecule has 6 nitrogen and oxygen atoms in total. The summed E-state index contributed by atoms with van der Waals surface area (Å²) in [5.41, 5.74) is 1.23. The van der Waals surface area contributed by atoms with Gasteiger partial charge in [0.15, 0.2) is 17.1 Å². The van der Waals surface area contributed by atoms with E-state index in [1.54, 1.807) is 12.1 Å². The van der Waals surface area contributed by atoms with Crippen molar-refractivity contribution >= 4 is 16.8 Å². The number of allylic oxidation sites excluding steroid dienone is 2. The summed E-state index contributed by atoms with van der Waals surface area (Å²) in [6.45, 7) is 3.88. The first-order valence-electron chi connectivity index (χ1n) is 7.90. The molecule has 24 heavy (non-hydrogen) atoms. The predicted molar refractivity (Wildman–Crippen MR) is 89.9 cm³/mol. The van der Waals surface area contributed by atoms with Crippen LogP contribution >= 0.6 is 0 Å². The lowest BCUT2D eigenvalue weighted by atomic mass is 10.2. The van der Waals surface area contributed by atoms with Crippen LogP contribution in [0.4, 0.5) is 0 Å². The molecule has 0 radical (unpaired) electrons. The SMILES string of the molecule is COc1cc(O)c(OC)c2oc(C(=O)C=C(C)N3CCCC3)cc12. The van der Waals surface area contributed by atoms with Crippen LogP contribution in [-0.4, -0.2) is 43.1 Å². The number of benzene rings is 1. The number of phenols is 1. The normalized spacial score (nSPS) is 15.1. The third-order valence-electron chi connectivity index (χ3n) is 4.32. The fourth-order valence-corrected chi connectivity index (χ4v) is 3.04. The van der Waals surface area contributed by atoms with Crippen molar-refractivity contribution in [2.75, 3.05) is 27.3 Å². The third kappa shape index (κ3) is 2.79. The maximum atomic E-state index is 12.5. The summed E-state index contributed by atoms with van der Waals surface area (Å²) in [5.74, 6) is 0.473. The summed E-state index contributed by atoms with van der Waals surface area (Å²) in [6, 6.07) is 3.06. The zero-order valence-corrected chi connectivity index (χ0v) is 14.1. The molecule has 0 bridgehead atoms. The van der Waals surface area contributed by atoms with Gasteiger partial charge < -0.3 is 23.9 Å². The summed E-state index contributed by atoms with van der Waals surface area (Å²) in [6.07, 6.45) is 3.89. The van der Waals surface area contributed by atoms with E-state index in [2.05, 4.69) is 4.90 Å². The van der Waals surface area contributed by atoms with Crippen LogP contribution in [0.5, 0.6) is 17.2 Å². The van der Waals surface area contributed by atoms with Crippen molar-refractivity contribution in [3.05, 3.63) is 29.7 Å². The van der Waals surface area contributed by atoms with Gasteiger partial charge in [-0.3, -0.25) is 4.79 Å². The molecule has 6 heteroatoms. The molecule has 1 saturated heterocycles. The van der Waals surface area contributed by atoms with E-state index in [-0.39, 0.29) is 23.0 Å². The molecule has 1 aromatic heterocycles. The Morgan fingerprint density at radius 1 is 1.25 bits per heavy atom. The standard InChI is InChI=1S/C18H21NO5/c1-11(19-6-4-5-7-19)8-13(20)16-9-12-15(22-2)10-14(21)18(23-3)17(12)24-16/h8-10,21H,4-7H2,1-3H3. The van der Waals surface area contributed by atoms with E-state index < -0.39 is 0 Å². The molecule has 1 aliphatic rings. The van der Waals surface area contributed by atoms with Gasteiger partial charge in [-0.1, -0.05) is 0 Å². The van der Waals surface area contributed by atoms with E-state index in [0.29, 0.717) is 16.7 Å². The zero-order valence-electron chi connectivity index (χ0n) is 14.1. The number of fused-ring (bicyclic) bond motifs is 1. The number of nitrogens with zero attached hydrogens (tertiary/aromatic N) is 1. The van der Waals surface area contributed by atoms with Gasteiger partial charge in [-0.2, -0.15) is 0 Å². The van der Waals surface area contributed by atoms with Gasteiger partial charge in [-0.05, 0) is 25.8 Å². The van der Waals surface area contributed by atoms with Gasteiger partial charge in [-0.15, -0.1) is 0 Å². The fourth-order valence-electron chi connectivity index (χ4n) is 3.04. The van der Waals surface area contributed by atoms with Crippen molar-refractivity contribution in [2.24, 2.45) is 0 Å². The maximum Gasteiger partial charge on any atom is 0.222 e. The number of ketones is 1. The quantitative estimate of drug-likeness (QED) is 0.669. The zero-order chi connectivity index (χ0) is 17.3. The Morgan fingerprint density at radius 2 is 1.96 bits per heavy atom. The maximum absolute atomic E-state index is 12.5. The average molecular weight is 331 g/mol. The number of phenolic OH excluding ortho intramolecular Hbond substituents is 1. The first kappa shape index (κ1) is 16.2. The van der Waals surface area contributed by atoms with Crippen molar-refractivity contribution < 1.29 is 23.8 Å². The van der Waals surface area contributed by atoms with Gasteiger partial charge in [0.2, 0.25) is 11.5 Å². The van der Waals surface area contributed by atoms with E-state index in [1.165, 1.54) is 20.3 Å². The highest BCUT2D eigenvalue weighted by atomic mass is 16.5. The number of furan rings is 1. The van der Waals surface area contributed by atoms with Crippen LogP contribution in [0.1, 0.15) is 30.3 Å². The Kier molecular flexibility index (Phi) is 4.38. The summed E-state index contributed by atoms with van der Waals surface area (Å²) < 4.78 is 16.1. The third-order valence-corrected chi connectivity index (χ3v) is 4.32. The lowest BCUT2D eigenvalue weighted by molar-refractivity contribution is 0.102. The second-order valence-corrected chi connectivity index (χ2v) is 5.83. The average Bonchev–Trinajstić information content (AvgIpc) is 3.23. The van der Waals surface area contributed by atoms with Gasteiger partial charge in [0, 0.05) is 30.9 Å². The van der Waals surface area contributed by atoms with Crippen molar-refractivity contribution in [1.29, 1.82) is 0 Å². The molecule has 0 atom stereocenters. The van der Waals surface area contributed by atoms with Crippen LogP contribution in [0.15, 0.2) is 28.3 Å². The first-order chi connectivity index (χ1) is 11.5. The van der Waals surface area contributed by atoms with Crippen molar-refractivity contribution in [3.8, 4) is 17.2 Å². The molecule has 1 aliphatic heterocycles. The number of ether oxygens (including phenoxy) is 2. The Morgan fingerprint density at radius 3 is 2.58 bits per heavy atom. The van der Waals surface area contributed by atoms with E-state index in [9.17, 15) is 9.90 Å². The minimum atomic E-state index is -0.223. The van der Waals surface area contributed by atoms with E-state index in [0.717, 1.165) is 31.6 Å². The molecule has 0 aliphatic carbocycles. The van der Waals surface area contributed by atoms with E-state index >= 15 is 0 Å². The highest BCUT2D eigenvalue weighted by Gasteiger charge is 2.21. The summed E-state index contributed by atoms with van der Waals surface area (Å²) in [7, 11) is 2.93. The number of methoxy groups -OCH3 is 2. The summed E-state index contributed by atoms with van der Waals surface area (Å²) in [4.78, 5) is 14.7. The Bertz CT molecular complexity index is 799. The highest BCUT2D eigenvalue weighted by molar-refractivity contribution is 6.06. The number of likely N-dealkylation sites (tertiary alicyclic amines) is 1. The van der Waals surface area contributed by atoms with Gasteiger partial charge in [-0.25, -0.2) is 0 Å². The molecule has 0 amide bonds. The molecule has 128 valence electrons. The molecule has 0 unspecified atom stereocenters. The number of carbonyl (C=O) groups is 1. The Labute approximate surface area is 140 Å².